The molecule has 2 N–H and O–H groups in total. The Balaban J connectivity index is 2.06. The smallest absolute Gasteiger partial charge is 0.134 e. The van der Waals surface area contributed by atoms with Crippen molar-refractivity contribution in [3.8, 4) is 5.75 Å². The number of fused-ring (bicyclic) bond motifs is 2. The number of phenols is 1. The third kappa shape index (κ3) is 2.92. The third-order valence-corrected chi connectivity index (χ3v) is 4.50. The molecule has 2 aromatic carbocycles. The molecule has 0 aromatic heterocycles. The summed E-state index contributed by atoms with van der Waals surface area (Å²) in [4.78, 5) is 2.33. The fourth-order valence-electron chi connectivity index (χ4n) is 3.09. The van der Waals surface area contributed by atoms with Crippen molar-refractivity contribution in [2.75, 3.05) is 25.0 Å². The van der Waals surface area contributed by atoms with E-state index in [0.717, 1.165) is 43.6 Å². The van der Waals surface area contributed by atoms with Crippen LogP contribution in [0.4, 0.5) is 11.4 Å². The summed E-state index contributed by atoms with van der Waals surface area (Å²) >= 11 is 6.16. The number of para-hydroxylation sites is 1. The number of rotatable bonds is 4. The van der Waals surface area contributed by atoms with E-state index in [9.17, 15) is 5.11 Å². The predicted molar refractivity (Wildman–Crippen MR) is 92.5 cm³/mol. The van der Waals surface area contributed by atoms with Crippen LogP contribution in [0.1, 0.15) is 17.5 Å². The molecular formula is C18H21ClN2O. The second-order valence-electron chi connectivity index (χ2n) is 5.67. The van der Waals surface area contributed by atoms with Crippen LogP contribution in [0.15, 0.2) is 36.4 Å². The molecule has 1 heterocycles. The number of phenolic OH excluding ortho intramolecular Hbond substituents is 1. The highest BCUT2D eigenvalue weighted by Gasteiger charge is 2.21. The molecule has 0 aliphatic carbocycles. The normalized spacial score (nSPS) is 13.5. The summed E-state index contributed by atoms with van der Waals surface area (Å²) in [5, 5.41) is 13.5. The van der Waals surface area contributed by atoms with Gasteiger partial charge in [-0.3, -0.25) is 0 Å². The molecular weight excluding hydrogens is 296 g/mol. The van der Waals surface area contributed by atoms with Crippen LogP contribution in [0.5, 0.6) is 5.75 Å². The molecule has 0 saturated heterocycles. The van der Waals surface area contributed by atoms with Gasteiger partial charge in [-0.25, -0.2) is 0 Å². The second kappa shape index (κ2) is 6.59. The van der Waals surface area contributed by atoms with E-state index in [0.29, 0.717) is 5.02 Å². The summed E-state index contributed by atoms with van der Waals surface area (Å²) < 4.78 is 0. The van der Waals surface area contributed by atoms with Crippen molar-refractivity contribution in [1.82, 2.24) is 5.32 Å². The lowest BCUT2D eigenvalue weighted by molar-refractivity contribution is 0.475. The fourth-order valence-corrected chi connectivity index (χ4v) is 3.24. The Labute approximate surface area is 136 Å². The summed E-state index contributed by atoms with van der Waals surface area (Å²) in [6, 6.07) is 12.2. The molecule has 2 aromatic rings. The minimum atomic E-state index is 0.168. The first-order valence-corrected chi connectivity index (χ1v) is 8.10. The van der Waals surface area contributed by atoms with Gasteiger partial charge in [-0.05, 0) is 62.2 Å². The van der Waals surface area contributed by atoms with Crippen molar-refractivity contribution in [2.45, 2.75) is 19.3 Å². The molecule has 0 atom stereocenters. The number of nitrogens with one attached hydrogen (secondary N) is 1. The number of benzene rings is 2. The molecule has 3 nitrogen and oxygen atoms in total. The predicted octanol–water partition coefficient (Wildman–Crippen LogP) is 3.89. The van der Waals surface area contributed by atoms with Gasteiger partial charge >= 0.3 is 0 Å². The highest BCUT2D eigenvalue weighted by Crippen LogP contribution is 2.40. The van der Waals surface area contributed by atoms with Crippen LogP contribution in [0, 0.1) is 0 Å². The third-order valence-electron chi connectivity index (χ3n) is 4.19. The van der Waals surface area contributed by atoms with Crippen molar-refractivity contribution in [1.29, 1.82) is 0 Å². The highest BCUT2D eigenvalue weighted by atomic mass is 35.5. The van der Waals surface area contributed by atoms with E-state index in [1.807, 2.05) is 19.2 Å². The van der Waals surface area contributed by atoms with Gasteiger partial charge in [0.2, 0.25) is 0 Å². The second-order valence-corrected chi connectivity index (χ2v) is 6.08. The molecule has 22 heavy (non-hydrogen) atoms. The number of halogens is 1. The molecule has 0 fully saturated rings. The van der Waals surface area contributed by atoms with Gasteiger partial charge in [-0.15, -0.1) is 0 Å². The van der Waals surface area contributed by atoms with Crippen molar-refractivity contribution in [3.05, 3.63) is 52.5 Å². The largest absolute Gasteiger partial charge is 0.506 e. The van der Waals surface area contributed by atoms with Gasteiger partial charge in [0, 0.05) is 17.9 Å². The molecule has 0 radical (unpaired) electrons. The van der Waals surface area contributed by atoms with Crippen LogP contribution in [-0.2, 0) is 12.8 Å². The van der Waals surface area contributed by atoms with Crippen molar-refractivity contribution in [3.63, 3.8) is 0 Å². The Morgan fingerprint density at radius 1 is 1.14 bits per heavy atom. The lowest BCUT2D eigenvalue weighted by Gasteiger charge is -2.27. The monoisotopic (exact) mass is 316 g/mol. The SMILES string of the molecule is CNCCCN1c2ccccc2CCc2cc(O)c(Cl)cc21. The van der Waals surface area contributed by atoms with Crippen LogP contribution >= 0.6 is 11.6 Å². The van der Waals surface area contributed by atoms with Gasteiger partial charge in [0.25, 0.3) is 0 Å². The van der Waals surface area contributed by atoms with Crippen LogP contribution in [-0.4, -0.2) is 25.2 Å². The van der Waals surface area contributed by atoms with Crippen LogP contribution in [0.25, 0.3) is 0 Å². The van der Waals surface area contributed by atoms with E-state index in [-0.39, 0.29) is 5.75 Å². The van der Waals surface area contributed by atoms with E-state index in [1.54, 1.807) is 0 Å². The molecule has 0 unspecified atom stereocenters. The van der Waals surface area contributed by atoms with E-state index >= 15 is 0 Å². The van der Waals surface area contributed by atoms with Gasteiger partial charge < -0.3 is 15.3 Å². The van der Waals surface area contributed by atoms with Crippen molar-refractivity contribution < 1.29 is 5.11 Å². The van der Waals surface area contributed by atoms with Gasteiger partial charge in [0.05, 0.1) is 5.02 Å². The fraction of sp³-hybridized carbons (Fsp3) is 0.333. The summed E-state index contributed by atoms with van der Waals surface area (Å²) in [5.74, 6) is 0.168. The molecule has 0 bridgehead atoms. The molecule has 0 spiro atoms. The zero-order valence-corrected chi connectivity index (χ0v) is 13.5. The van der Waals surface area contributed by atoms with E-state index < -0.39 is 0 Å². The Hall–Kier alpha value is -1.71. The lowest BCUT2D eigenvalue weighted by Crippen LogP contribution is -2.23. The standard InChI is InChI=1S/C18H21ClN2O/c1-20-9-4-10-21-16-6-3-2-5-13(16)7-8-14-11-18(22)15(19)12-17(14)21/h2-3,5-6,11-12,20,22H,4,7-10H2,1H3. The molecule has 0 saturated carbocycles. The van der Waals surface area contributed by atoms with Crippen LogP contribution < -0.4 is 10.2 Å². The number of aryl methyl sites for hydroxylation is 2. The van der Waals surface area contributed by atoms with E-state index in [2.05, 4.69) is 34.5 Å². The molecule has 116 valence electrons. The summed E-state index contributed by atoms with van der Waals surface area (Å²) in [6.07, 6.45) is 2.94. The van der Waals surface area contributed by atoms with Gasteiger partial charge in [0.1, 0.15) is 5.75 Å². The number of hydrogen-bond acceptors (Lipinski definition) is 3. The minimum absolute atomic E-state index is 0.168. The first kappa shape index (κ1) is 15.2. The highest BCUT2D eigenvalue weighted by molar-refractivity contribution is 6.32. The molecule has 1 aliphatic heterocycles. The molecule has 0 amide bonds. The minimum Gasteiger partial charge on any atom is -0.506 e. The summed E-state index contributed by atoms with van der Waals surface area (Å²) in [6.45, 7) is 1.89. The maximum absolute atomic E-state index is 9.92. The topological polar surface area (TPSA) is 35.5 Å². The van der Waals surface area contributed by atoms with Crippen molar-refractivity contribution in [2.24, 2.45) is 0 Å². The maximum Gasteiger partial charge on any atom is 0.134 e. The number of aromatic hydroxyl groups is 1. The average molecular weight is 317 g/mol. The maximum atomic E-state index is 9.92. The Bertz CT molecular complexity index is 672. The number of anilines is 2. The average Bonchev–Trinajstić information content (AvgIpc) is 2.67. The first-order chi connectivity index (χ1) is 10.7. The van der Waals surface area contributed by atoms with E-state index in [1.165, 1.54) is 11.3 Å². The number of nitrogens with zero attached hydrogens (tertiary/aromatic N) is 1. The van der Waals surface area contributed by atoms with Crippen LogP contribution in [0.3, 0.4) is 0 Å². The summed E-state index contributed by atoms with van der Waals surface area (Å²) in [7, 11) is 1.97. The Kier molecular flexibility index (Phi) is 4.55. The molecule has 4 heteroatoms. The van der Waals surface area contributed by atoms with Gasteiger partial charge in [0.15, 0.2) is 0 Å². The van der Waals surface area contributed by atoms with E-state index in [4.69, 9.17) is 11.6 Å². The quantitative estimate of drug-likeness (QED) is 0.840. The molecule has 3 rings (SSSR count). The van der Waals surface area contributed by atoms with Gasteiger partial charge in [-0.2, -0.15) is 0 Å². The Morgan fingerprint density at radius 2 is 1.91 bits per heavy atom. The summed E-state index contributed by atoms with van der Waals surface area (Å²) in [5.41, 5.74) is 4.87. The molecule has 1 aliphatic rings. The van der Waals surface area contributed by atoms with Gasteiger partial charge in [-0.1, -0.05) is 29.8 Å². The lowest BCUT2D eigenvalue weighted by atomic mass is 10.0. The zero-order valence-electron chi connectivity index (χ0n) is 12.8. The zero-order chi connectivity index (χ0) is 15.5. The number of hydrogen-bond donors (Lipinski definition) is 2. The first-order valence-electron chi connectivity index (χ1n) is 7.72. The van der Waals surface area contributed by atoms with Crippen LogP contribution in [0.2, 0.25) is 5.02 Å². The Morgan fingerprint density at radius 3 is 2.73 bits per heavy atom. The van der Waals surface area contributed by atoms with Crippen molar-refractivity contribution >= 4 is 23.0 Å².